The molecule has 0 fully saturated rings. The zero-order valence-corrected chi connectivity index (χ0v) is 42.6. The van der Waals surface area contributed by atoms with E-state index >= 15 is 0 Å². The summed E-state index contributed by atoms with van der Waals surface area (Å²) in [7, 11) is 1.23. The van der Waals surface area contributed by atoms with E-state index in [0.29, 0.717) is 17.4 Å². The third-order valence-corrected chi connectivity index (χ3v) is 11.7. The Morgan fingerprint density at radius 1 is 0.562 bits per heavy atom. The van der Waals surface area contributed by atoms with Crippen LogP contribution in [0.4, 0.5) is 0 Å². The molecule has 0 aliphatic heterocycles. The van der Waals surface area contributed by atoms with E-state index in [0.717, 1.165) is 83.5 Å². The molecule has 0 spiro atoms. The molecule has 0 saturated carbocycles. The number of amides is 1. The fourth-order valence-electron chi connectivity index (χ4n) is 6.77. The molecular formula is C55H97N2O6P. The molecule has 0 aromatic heterocycles. The van der Waals surface area contributed by atoms with Crippen molar-refractivity contribution in [3.8, 4) is 0 Å². The monoisotopic (exact) mass is 913 g/mol. The molecule has 64 heavy (non-hydrogen) atoms. The van der Waals surface area contributed by atoms with Crippen molar-refractivity contribution in [3.05, 3.63) is 97.2 Å². The zero-order chi connectivity index (χ0) is 47.1. The van der Waals surface area contributed by atoms with Crippen molar-refractivity contribution in [1.29, 1.82) is 0 Å². The number of hydrogen-bond acceptors (Lipinski definition) is 6. The van der Waals surface area contributed by atoms with Gasteiger partial charge < -0.3 is 28.8 Å². The molecule has 0 aliphatic rings. The highest BCUT2D eigenvalue weighted by Gasteiger charge is 2.23. The van der Waals surface area contributed by atoms with Crippen molar-refractivity contribution in [1.82, 2.24) is 5.32 Å². The van der Waals surface area contributed by atoms with E-state index in [1.54, 1.807) is 6.08 Å². The highest BCUT2D eigenvalue weighted by Crippen LogP contribution is 2.38. The summed E-state index contributed by atoms with van der Waals surface area (Å²) >= 11 is 0. The number of quaternary nitrogens is 1. The maximum Gasteiger partial charge on any atom is 0.268 e. The van der Waals surface area contributed by atoms with Gasteiger partial charge in [0.05, 0.1) is 39.9 Å². The average molecular weight is 913 g/mol. The summed E-state index contributed by atoms with van der Waals surface area (Å²) in [6.07, 6.45) is 65.2. The van der Waals surface area contributed by atoms with E-state index in [2.05, 4.69) is 104 Å². The summed E-state index contributed by atoms with van der Waals surface area (Å²) in [4.78, 5) is 25.2. The maximum absolute atomic E-state index is 12.8. The normalized spacial score (nSPS) is 14.9. The van der Waals surface area contributed by atoms with Gasteiger partial charge in [-0.1, -0.05) is 207 Å². The fraction of sp³-hybridized carbons (Fsp3) is 0.691. The molecule has 0 bridgehead atoms. The van der Waals surface area contributed by atoms with Gasteiger partial charge >= 0.3 is 0 Å². The van der Waals surface area contributed by atoms with E-state index < -0.39 is 26.6 Å². The summed E-state index contributed by atoms with van der Waals surface area (Å²) in [6.45, 7) is 4.38. The Kier molecular flexibility index (Phi) is 43.7. The number of phosphoric acid groups is 1. The Hall–Kier alpha value is -2.58. The number of likely N-dealkylation sites (N-methyl/N-ethyl adjacent to an activating group) is 1. The molecule has 0 saturated heterocycles. The molecule has 1 amide bonds. The van der Waals surface area contributed by atoms with Gasteiger partial charge in [0.15, 0.2) is 0 Å². The van der Waals surface area contributed by atoms with Crippen LogP contribution in [0.25, 0.3) is 0 Å². The van der Waals surface area contributed by atoms with E-state index in [9.17, 15) is 19.4 Å². The molecule has 3 unspecified atom stereocenters. The van der Waals surface area contributed by atoms with Gasteiger partial charge in [0.25, 0.3) is 7.82 Å². The molecule has 2 N–H and O–H groups in total. The first-order valence-corrected chi connectivity index (χ1v) is 27.1. The van der Waals surface area contributed by atoms with Crippen LogP contribution in [0.2, 0.25) is 0 Å². The van der Waals surface area contributed by atoms with Crippen molar-refractivity contribution < 1.29 is 32.9 Å². The molecule has 0 aliphatic carbocycles. The van der Waals surface area contributed by atoms with Gasteiger partial charge in [-0.2, -0.15) is 0 Å². The molecule has 0 aromatic rings. The summed E-state index contributed by atoms with van der Waals surface area (Å²) in [6, 6.07) is -0.904. The predicted molar refractivity (Wildman–Crippen MR) is 274 cm³/mol. The summed E-state index contributed by atoms with van der Waals surface area (Å²) in [5.41, 5.74) is 0. The summed E-state index contributed by atoms with van der Waals surface area (Å²) in [5, 5.41) is 13.6. The number of rotatable bonds is 45. The van der Waals surface area contributed by atoms with Gasteiger partial charge in [0.2, 0.25) is 5.91 Å². The minimum absolute atomic E-state index is 0.0101. The van der Waals surface area contributed by atoms with Gasteiger partial charge in [-0.3, -0.25) is 9.36 Å². The number of aliphatic hydroxyl groups excluding tert-OH is 1. The Labute approximate surface area is 394 Å². The SMILES string of the molecule is CC/C=C\C/C=C\C/C=C\C/C=C\C/C=C\C/C=C\CCCCCCCCCCCCCCCCCCC(=O)NC(COP(=O)([O-])OCC[N+](C)(C)C)C(O)/C=C/CC/C=C/CCC. The van der Waals surface area contributed by atoms with Crippen LogP contribution in [0.5, 0.6) is 0 Å². The minimum Gasteiger partial charge on any atom is -0.756 e. The molecule has 0 heterocycles. The van der Waals surface area contributed by atoms with Crippen LogP contribution in [0.15, 0.2) is 97.2 Å². The quantitative estimate of drug-likeness (QED) is 0.0273. The number of carbonyl (C=O) groups excluding carboxylic acids is 1. The Morgan fingerprint density at radius 2 is 0.969 bits per heavy atom. The van der Waals surface area contributed by atoms with E-state index in [4.69, 9.17) is 9.05 Å². The molecule has 8 nitrogen and oxygen atoms in total. The first-order chi connectivity index (χ1) is 31.0. The highest BCUT2D eigenvalue weighted by atomic mass is 31.2. The molecule has 0 radical (unpaired) electrons. The van der Waals surface area contributed by atoms with Gasteiger partial charge in [0, 0.05) is 6.42 Å². The summed E-state index contributed by atoms with van der Waals surface area (Å²) in [5.74, 6) is -0.216. The van der Waals surface area contributed by atoms with E-state index in [1.165, 1.54) is 89.9 Å². The molecule has 0 aromatic carbocycles. The lowest BCUT2D eigenvalue weighted by Crippen LogP contribution is -2.45. The largest absolute Gasteiger partial charge is 0.756 e. The number of nitrogens with zero attached hydrogens (tertiary/aromatic N) is 1. The molecule has 368 valence electrons. The minimum atomic E-state index is -4.59. The van der Waals surface area contributed by atoms with E-state index in [1.807, 2.05) is 27.2 Å². The zero-order valence-electron chi connectivity index (χ0n) is 41.7. The van der Waals surface area contributed by atoms with Crippen molar-refractivity contribution in [2.45, 2.75) is 206 Å². The van der Waals surface area contributed by atoms with Crippen LogP contribution in [-0.2, 0) is 18.4 Å². The molecular weight excluding hydrogens is 816 g/mol. The van der Waals surface area contributed by atoms with Gasteiger partial charge in [-0.25, -0.2) is 0 Å². The van der Waals surface area contributed by atoms with Crippen molar-refractivity contribution in [2.75, 3.05) is 40.9 Å². The van der Waals surface area contributed by atoms with Crippen LogP contribution >= 0.6 is 7.82 Å². The second-order valence-corrected chi connectivity index (χ2v) is 19.5. The van der Waals surface area contributed by atoms with Crippen LogP contribution in [-0.4, -0.2) is 68.5 Å². The second kappa shape index (κ2) is 45.6. The topological polar surface area (TPSA) is 108 Å². The summed E-state index contributed by atoms with van der Waals surface area (Å²) < 4.78 is 23.1. The third kappa shape index (κ3) is 47.4. The maximum atomic E-state index is 12.8. The lowest BCUT2D eigenvalue weighted by molar-refractivity contribution is -0.870. The van der Waals surface area contributed by atoms with Crippen LogP contribution in [0.1, 0.15) is 194 Å². The predicted octanol–water partition coefficient (Wildman–Crippen LogP) is 14.5. The van der Waals surface area contributed by atoms with Crippen molar-refractivity contribution >= 4 is 13.7 Å². The number of nitrogens with one attached hydrogen (secondary N) is 1. The molecule has 3 atom stereocenters. The van der Waals surface area contributed by atoms with Crippen molar-refractivity contribution in [3.63, 3.8) is 0 Å². The Balaban J connectivity index is 3.93. The first-order valence-electron chi connectivity index (χ1n) is 25.6. The van der Waals surface area contributed by atoms with Gasteiger partial charge in [0.1, 0.15) is 13.2 Å². The van der Waals surface area contributed by atoms with Crippen LogP contribution < -0.4 is 10.2 Å². The number of allylic oxidation sites excluding steroid dienone is 15. The number of aliphatic hydroxyl groups is 1. The Bertz CT molecular complexity index is 1360. The standard InChI is InChI=1S/C55H97N2O6P/c1-6-8-10-12-14-15-16-17-18-19-20-21-22-23-24-25-26-27-28-29-30-31-32-33-34-35-36-37-38-39-40-41-43-45-47-49-55(59)56-53(54(58)48-46-44-42-13-11-9-7-2)52-63-64(60,61)62-51-50-57(3,4)5/h8,10-11,13-15,17-18,20-21,23-24,26-27,46,48,53-54,58H,6-7,9,12,16,19,22,25,28-45,47,49-52H2,1-5H3,(H-,56,59,60,61)/b10-8-,13-11+,15-14-,18-17-,21-20-,24-23-,27-26-,48-46+. The Morgan fingerprint density at radius 3 is 1.44 bits per heavy atom. The lowest BCUT2D eigenvalue weighted by Gasteiger charge is -2.29. The van der Waals surface area contributed by atoms with Crippen LogP contribution in [0, 0.1) is 0 Å². The number of phosphoric ester groups is 1. The second-order valence-electron chi connectivity index (χ2n) is 18.1. The number of carbonyl (C=O) groups is 1. The smallest absolute Gasteiger partial charge is 0.268 e. The number of unbranched alkanes of at least 4 members (excludes halogenated alkanes) is 18. The number of hydrogen-bond donors (Lipinski definition) is 2. The van der Waals surface area contributed by atoms with Gasteiger partial charge in [-0.05, 0) is 77.0 Å². The lowest BCUT2D eigenvalue weighted by atomic mass is 10.0. The molecule has 9 heteroatoms. The third-order valence-electron chi connectivity index (χ3n) is 10.8. The first kappa shape index (κ1) is 61.4. The molecule has 0 rings (SSSR count). The van der Waals surface area contributed by atoms with E-state index in [-0.39, 0.29) is 12.5 Å². The van der Waals surface area contributed by atoms with Crippen molar-refractivity contribution in [2.24, 2.45) is 0 Å². The fourth-order valence-corrected chi connectivity index (χ4v) is 7.49. The average Bonchev–Trinajstić information content (AvgIpc) is 3.25. The van der Waals surface area contributed by atoms with Gasteiger partial charge in [-0.15, -0.1) is 0 Å². The van der Waals surface area contributed by atoms with Crippen LogP contribution in [0.3, 0.4) is 0 Å². The highest BCUT2D eigenvalue weighted by molar-refractivity contribution is 7.45.